The van der Waals surface area contributed by atoms with Gasteiger partial charge in [0.05, 0.1) is 14.2 Å². The summed E-state index contributed by atoms with van der Waals surface area (Å²) < 4.78 is 17.4. The van der Waals surface area contributed by atoms with E-state index < -0.39 is 0 Å². The van der Waals surface area contributed by atoms with Gasteiger partial charge < -0.3 is 29.5 Å². The Labute approximate surface area is 258 Å². The van der Waals surface area contributed by atoms with E-state index in [1.54, 1.807) is 38.5 Å². The number of phenols is 3. The SMILES string of the molecule is COc1cc2c(cc1O)[C@H](Cc1ccc(Oc3cc4c(cc3OC)CCN(C)[C@H]4Cc3ccc(O)cc3)cc1O)N(C)CC2. The minimum Gasteiger partial charge on any atom is -0.508 e. The van der Waals surface area contributed by atoms with Gasteiger partial charge in [-0.05, 0) is 116 Å². The molecule has 230 valence electrons. The maximum absolute atomic E-state index is 11.1. The fourth-order valence-electron chi connectivity index (χ4n) is 6.58. The molecule has 8 heteroatoms. The van der Waals surface area contributed by atoms with E-state index in [0.717, 1.165) is 54.6 Å². The topological polar surface area (TPSA) is 94.9 Å². The number of aromatic hydroxyl groups is 3. The second-order valence-corrected chi connectivity index (χ2v) is 11.9. The van der Waals surface area contributed by atoms with Crippen molar-refractivity contribution >= 4 is 0 Å². The first kappa shape index (κ1) is 29.7. The lowest BCUT2D eigenvalue weighted by molar-refractivity contribution is 0.227. The lowest BCUT2D eigenvalue weighted by atomic mass is 9.88. The molecular formula is C36H40N2O6. The maximum Gasteiger partial charge on any atom is 0.169 e. The fourth-order valence-corrected chi connectivity index (χ4v) is 6.58. The maximum atomic E-state index is 11.1. The van der Waals surface area contributed by atoms with Gasteiger partial charge in [-0.3, -0.25) is 9.80 Å². The number of benzene rings is 4. The molecule has 2 heterocycles. The van der Waals surface area contributed by atoms with Gasteiger partial charge in [-0.1, -0.05) is 18.2 Å². The van der Waals surface area contributed by atoms with Crippen LogP contribution in [-0.4, -0.2) is 66.5 Å². The van der Waals surface area contributed by atoms with Crippen molar-refractivity contribution in [1.82, 2.24) is 9.80 Å². The summed E-state index contributed by atoms with van der Waals surface area (Å²) >= 11 is 0. The van der Waals surface area contributed by atoms with Crippen LogP contribution < -0.4 is 14.2 Å². The average molecular weight is 597 g/mol. The number of hydrogen-bond acceptors (Lipinski definition) is 8. The molecule has 0 amide bonds. The Kier molecular flexibility index (Phi) is 8.29. The summed E-state index contributed by atoms with van der Waals surface area (Å²) in [6.07, 6.45) is 3.16. The first-order chi connectivity index (χ1) is 21.2. The van der Waals surface area contributed by atoms with Crippen LogP contribution in [0.3, 0.4) is 0 Å². The van der Waals surface area contributed by atoms with Crippen LogP contribution >= 0.6 is 0 Å². The zero-order chi connectivity index (χ0) is 31.0. The van der Waals surface area contributed by atoms with Crippen LogP contribution in [0.1, 0.15) is 45.5 Å². The summed E-state index contributed by atoms with van der Waals surface area (Å²) in [5.74, 6) is 2.77. The van der Waals surface area contributed by atoms with Gasteiger partial charge in [-0.25, -0.2) is 0 Å². The smallest absolute Gasteiger partial charge is 0.169 e. The molecule has 0 saturated heterocycles. The van der Waals surface area contributed by atoms with Gasteiger partial charge in [0, 0.05) is 31.2 Å². The molecular weight excluding hydrogens is 556 g/mol. The molecule has 0 radical (unpaired) electrons. The van der Waals surface area contributed by atoms with Gasteiger partial charge in [0.2, 0.25) is 0 Å². The summed E-state index contributed by atoms with van der Waals surface area (Å²) in [6.45, 7) is 1.80. The van der Waals surface area contributed by atoms with Crippen molar-refractivity contribution in [2.75, 3.05) is 41.4 Å². The highest BCUT2D eigenvalue weighted by atomic mass is 16.5. The Morgan fingerprint density at radius 1 is 0.659 bits per heavy atom. The van der Waals surface area contributed by atoms with E-state index in [2.05, 4.69) is 36.0 Å². The zero-order valence-electron chi connectivity index (χ0n) is 25.7. The predicted octanol–water partition coefficient (Wildman–Crippen LogP) is 6.16. The lowest BCUT2D eigenvalue weighted by Crippen LogP contribution is -2.33. The molecule has 8 nitrogen and oxygen atoms in total. The molecule has 0 fully saturated rings. The molecule has 0 aromatic heterocycles. The molecule has 0 saturated carbocycles. The largest absolute Gasteiger partial charge is 0.508 e. The van der Waals surface area contributed by atoms with Crippen molar-refractivity contribution in [1.29, 1.82) is 0 Å². The first-order valence-electron chi connectivity index (χ1n) is 15.0. The van der Waals surface area contributed by atoms with Gasteiger partial charge in [-0.2, -0.15) is 0 Å². The summed E-state index contributed by atoms with van der Waals surface area (Å²) in [6, 6.07) is 20.8. The van der Waals surface area contributed by atoms with Gasteiger partial charge >= 0.3 is 0 Å². The van der Waals surface area contributed by atoms with Crippen LogP contribution in [0.2, 0.25) is 0 Å². The molecule has 0 spiro atoms. The van der Waals surface area contributed by atoms with E-state index in [1.165, 1.54) is 11.1 Å². The second-order valence-electron chi connectivity index (χ2n) is 11.9. The molecule has 0 unspecified atom stereocenters. The van der Waals surface area contributed by atoms with Crippen LogP contribution in [-0.2, 0) is 25.7 Å². The van der Waals surface area contributed by atoms with E-state index >= 15 is 0 Å². The van der Waals surface area contributed by atoms with Crippen molar-refractivity contribution in [3.63, 3.8) is 0 Å². The Bertz CT molecular complexity index is 1650. The molecule has 2 atom stereocenters. The third-order valence-electron chi connectivity index (χ3n) is 9.18. The van der Waals surface area contributed by atoms with E-state index in [9.17, 15) is 15.3 Å². The Balaban J connectivity index is 1.25. The Morgan fingerprint density at radius 2 is 1.27 bits per heavy atom. The highest BCUT2D eigenvalue weighted by Crippen LogP contribution is 2.43. The van der Waals surface area contributed by atoms with E-state index in [1.807, 2.05) is 30.3 Å². The van der Waals surface area contributed by atoms with Gasteiger partial charge in [-0.15, -0.1) is 0 Å². The van der Waals surface area contributed by atoms with Crippen molar-refractivity contribution in [2.45, 2.75) is 37.8 Å². The molecule has 4 aromatic rings. The molecule has 2 aliphatic heterocycles. The molecule has 4 aromatic carbocycles. The minimum absolute atomic E-state index is 0.00327. The zero-order valence-corrected chi connectivity index (χ0v) is 25.7. The van der Waals surface area contributed by atoms with Crippen molar-refractivity contribution in [3.8, 4) is 40.2 Å². The number of hydrogen-bond donors (Lipinski definition) is 3. The monoisotopic (exact) mass is 596 g/mol. The minimum atomic E-state index is -0.00327. The number of nitrogens with zero attached hydrogens (tertiary/aromatic N) is 2. The summed E-state index contributed by atoms with van der Waals surface area (Å²) in [7, 11) is 7.40. The van der Waals surface area contributed by atoms with Crippen LogP contribution in [0.4, 0.5) is 0 Å². The number of likely N-dealkylation sites (N-methyl/N-ethyl adjacent to an activating group) is 2. The van der Waals surface area contributed by atoms with Gasteiger partial charge in [0.25, 0.3) is 0 Å². The average Bonchev–Trinajstić information content (AvgIpc) is 3.01. The Hall–Kier alpha value is -4.40. The normalized spacial score (nSPS) is 18.4. The number of rotatable bonds is 8. The molecule has 0 aliphatic carbocycles. The first-order valence-corrected chi connectivity index (χ1v) is 15.0. The Morgan fingerprint density at radius 3 is 1.91 bits per heavy atom. The quantitative estimate of drug-likeness (QED) is 0.223. The third-order valence-corrected chi connectivity index (χ3v) is 9.18. The predicted molar refractivity (Wildman–Crippen MR) is 169 cm³/mol. The van der Waals surface area contributed by atoms with E-state index in [-0.39, 0.29) is 29.3 Å². The van der Waals surface area contributed by atoms with Crippen molar-refractivity contribution in [2.24, 2.45) is 0 Å². The van der Waals surface area contributed by atoms with Crippen molar-refractivity contribution < 1.29 is 29.5 Å². The van der Waals surface area contributed by atoms with Crippen LogP contribution in [0.5, 0.6) is 40.2 Å². The second kappa shape index (κ2) is 12.3. The molecule has 0 bridgehead atoms. The number of fused-ring (bicyclic) bond motifs is 2. The molecule has 2 aliphatic rings. The molecule has 6 rings (SSSR count). The van der Waals surface area contributed by atoms with Gasteiger partial charge in [0.1, 0.15) is 17.2 Å². The van der Waals surface area contributed by atoms with E-state index in [4.69, 9.17) is 14.2 Å². The number of methoxy groups -OCH3 is 2. The fraction of sp³-hybridized carbons (Fsp3) is 0.333. The van der Waals surface area contributed by atoms with E-state index in [0.29, 0.717) is 29.4 Å². The van der Waals surface area contributed by atoms with Crippen LogP contribution in [0.25, 0.3) is 0 Å². The third kappa shape index (κ3) is 5.87. The molecule has 3 N–H and O–H groups in total. The molecule has 44 heavy (non-hydrogen) atoms. The number of ether oxygens (including phenoxy) is 3. The van der Waals surface area contributed by atoms with Crippen molar-refractivity contribution in [3.05, 3.63) is 100 Å². The van der Waals surface area contributed by atoms with Gasteiger partial charge in [0.15, 0.2) is 23.0 Å². The van der Waals surface area contributed by atoms with Crippen LogP contribution in [0, 0.1) is 0 Å². The number of phenolic OH excluding ortho intramolecular Hbond substituents is 3. The van der Waals surface area contributed by atoms with Crippen LogP contribution in [0.15, 0.2) is 66.7 Å². The summed E-state index contributed by atoms with van der Waals surface area (Å²) in [4.78, 5) is 4.60. The summed E-state index contributed by atoms with van der Waals surface area (Å²) in [5.41, 5.74) is 6.55. The highest BCUT2D eigenvalue weighted by Gasteiger charge is 2.29. The standard InChI is InChI=1S/C36H40N2O6/c1-37-13-12-24-18-35(43-4)36(21-29(24)30(37)15-22-5-8-26(39)9-6-22)44-27-10-7-25(32(40)19-27)16-31-28-20-33(41)34(42-3)17-23(28)11-14-38(31)2/h5-10,17-21,30-31,39-41H,11-16H2,1-4H3/t30-,31-/m0/s1. The highest BCUT2D eigenvalue weighted by molar-refractivity contribution is 5.53. The lowest BCUT2D eigenvalue weighted by Gasteiger charge is -2.35. The summed E-state index contributed by atoms with van der Waals surface area (Å²) in [5, 5.41) is 31.3.